The third-order valence-electron chi connectivity index (χ3n) is 1.38. The van der Waals surface area contributed by atoms with E-state index < -0.39 is 0 Å². The second-order valence-corrected chi connectivity index (χ2v) is 2.32. The zero-order valence-corrected chi connectivity index (χ0v) is 5.96. The Hall–Kier alpha value is -1.31. The van der Waals surface area contributed by atoms with Crippen molar-refractivity contribution < 1.29 is 5.41 Å². The summed E-state index contributed by atoms with van der Waals surface area (Å²) in [4.78, 5) is 0. The van der Waals surface area contributed by atoms with E-state index in [2.05, 4.69) is 0 Å². The third-order valence-corrected chi connectivity index (χ3v) is 1.38. The van der Waals surface area contributed by atoms with Crippen molar-refractivity contribution in [3.63, 3.8) is 0 Å². The highest BCUT2D eigenvalue weighted by molar-refractivity contribution is 5.92. The molecular weight excluding hydrogens is 124 g/mol. The number of benzene rings is 1. The molecule has 0 heterocycles. The molecule has 0 aliphatic carbocycles. The Bertz CT molecular complexity index is 236. The Morgan fingerprint density at radius 2 is 1.80 bits per heavy atom. The minimum atomic E-state index is 0.375. The molecule has 2 heteroatoms. The van der Waals surface area contributed by atoms with Crippen molar-refractivity contribution in [1.29, 1.82) is 0 Å². The number of hydrogen-bond donors (Lipinski definition) is 2. The van der Waals surface area contributed by atoms with E-state index in [0.717, 1.165) is 5.56 Å². The SMILES string of the molecule is Cc1ccc(C(N)=[NH2+])cc1. The first-order valence-electron chi connectivity index (χ1n) is 3.15. The molecule has 52 valence electrons. The third kappa shape index (κ3) is 1.35. The Balaban J connectivity index is 3.00. The molecule has 10 heavy (non-hydrogen) atoms. The van der Waals surface area contributed by atoms with E-state index in [1.165, 1.54) is 5.56 Å². The summed E-state index contributed by atoms with van der Waals surface area (Å²) in [6.45, 7) is 2.02. The van der Waals surface area contributed by atoms with Crippen molar-refractivity contribution in [2.24, 2.45) is 5.73 Å². The van der Waals surface area contributed by atoms with E-state index in [9.17, 15) is 0 Å². The molecule has 0 aliphatic rings. The highest BCUT2D eigenvalue weighted by Gasteiger charge is 1.97. The Morgan fingerprint density at radius 3 is 2.20 bits per heavy atom. The average molecular weight is 135 g/mol. The summed E-state index contributed by atoms with van der Waals surface area (Å²) < 4.78 is 0. The van der Waals surface area contributed by atoms with Crippen LogP contribution in [0.5, 0.6) is 0 Å². The van der Waals surface area contributed by atoms with Gasteiger partial charge in [-0.05, 0) is 19.1 Å². The van der Waals surface area contributed by atoms with Gasteiger partial charge in [0.05, 0.1) is 5.56 Å². The lowest BCUT2D eigenvalue weighted by atomic mass is 10.1. The number of hydrogen-bond acceptors (Lipinski definition) is 0. The van der Waals surface area contributed by atoms with Crippen LogP contribution in [0.4, 0.5) is 0 Å². The fourth-order valence-corrected chi connectivity index (χ4v) is 0.746. The average Bonchev–Trinajstić information content (AvgIpc) is 1.88. The number of amidine groups is 1. The minimum absolute atomic E-state index is 0.375. The maximum absolute atomic E-state index is 5.36. The molecule has 0 saturated carbocycles. The van der Waals surface area contributed by atoms with Crippen LogP contribution >= 0.6 is 0 Å². The molecule has 0 amide bonds. The van der Waals surface area contributed by atoms with E-state index in [4.69, 9.17) is 11.1 Å². The van der Waals surface area contributed by atoms with E-state index >= 15 is 0 Å². The van der Waals surface area contributed by atoms with Crippen LogP contribution in [0, 0.1) is 6.92 Å². The first kappa shape index (κ1) is 6.81. The fourth-order valence-electron chi connectivity index (χ4n) is 0.746. The zero-order chi connectivity index (χ0) is 7.56. The highest BCUT2D eigenvalue weighted by atomic mass is 14.7. The predicted molar refractivity (Wildman–Crippen MR) is 41.4 cm³/mol. The number of rotatable bonds is 1. The summed E-state index contributed by atoms with van der Waals surface area (Å²) in [7, 11) is 0. The lowest BCUT2D eigenvalue weighted by Gasteiger charge is -1.92. The molecule has 0 spiro atoms. The standard InChI is InChI=1S/C8H10N2/c1-6-2-4-7(5-3-6)8(9)10/h2-5H,1H3,(H3,9,10)/p+1. The van der Waals surface area contributed by atoms with Crippen molar-refractivity contribution in [2.45, 2.75) is 6.92 Å². The lowest BCUT2D eigenvalue weighted by Crippen LogP contribution is -2.46. The van der Waals surface area contributed by atoms with Gasteiger partial charge in [-0.15, -0.1) is 0 Å². The van der Waals surface area contributed by atoms with Gasteiger partial charge < -0.3 is 0 Å². The molecule has 0 fully saturated rings. The maximum atomic E-state index is 5.36. The normalized spacial score (nSPS) is 9.30. The van der Waals surface area contributed by atoms with Crippen molar-refractivity contribution in [2.75, 3.05) is 0 Å². The second-order valence-electron chi connectivity index (χ2n) is 2.32. The first-order chi connectivity index (χ1) is 4.70. The number of aryl methyl sites for hydroxylation is 1. The molecule has 2 nitrogen and oxygen atoms in total. The summed E-state index contributed by atoms with van der Waals surface area (Å²) in [5, 5.41) is 5.36. The maximum Gasteiger partial charge on any atom is 0.270 e. The van der Waals surface area contributed by atoms with E-state index in [1.54, 1.807) is 0 Å². The van der Waals surface area contributed by atoms with Gasteiger partial charge in [0.2, 0.25) is 0 Å². The van der Waals surface area contributed by atoms with Gasteiger partial charge in [0.25, 0.3) is 5.84 Å². The van der Waals surface area contributed by atoms with E-state index in [1.807, 2.05) is 31.2 Å². The molecule has 4 N–H and O–H groups in total. The van der Waals surface area contributed by atoms with Gasteiger partial charge in [0.1, 0.15) is 0 Å². The molecule has 0 aromatic heterocycles. The number of nitrogens with two attached hydrogens (primary N) is 2. The van der Waals surface area contributed by atoms with Crippen LogP contribution in [0.3, 0.4) is 0 Å². The molecule has 0 saturated heterocycles. The second kappa shape index (κ2) is 2.52. The molecule has 1 aromatic rings. The first-order valence-corrected chi connectivity index (χ1v) is 3.15. The van der Waals surface area contributed by atoms with Crippen LogP contribution in [0.15, 0.2) is 24.3 Å². The predicted octanol–water partition coefficient (Wildman–Crippen LogP) is -0.541. The van der Waals surface area contributed by atoms with Crippen molar-refractivity contribution >= 4 is 5.84 Å². The van der Waals surface area contributed by atoms with Gasteiger partial charge in [-0.25, -0.2) is 0 Å². The van der Waals surface area contributed by atoms with Crippen LogP contribution in [-0.4, -0.2) is 5.84 Å². The molecule has 0 aliphatic heterocycles. The Labute approximate surface area is 60.2 Å². The topological polar surface area (TPSA) is 51.6 Å². The quantitative estimate of drug-likeness (QED) is 0.394. The van der Waals surface area contributed by atoms with Crippen molar-refractivity contribution in [3.8, 4) is 0 Å². The monoisotopic (exact) mass is 135 g/mol. The molecule has 0 unspecified atom stereocenters. The molecule has 0 bridgehead atoms. The summed E-state index contributed by atoms with van der Waals surface area (Å²) in [5.41, 5.74) is 7.47. The summed E-state index contributed by atoms with van der Waals surface area (Å²) >= 11 is 0. The van der Waals surface area contributed by atoms with Gasteiger partial charge in [-0.3, -0.25) is 11.1 Å². The van der Waals surface area contributed by atoms with Gasteiger partial charge >= 0.3 is 0 Å². The van der Waals surface area contributed by atoms with Crippen molar-refractivity contribution in [1.82, 2.24) is 0 Å². The smallest absolute Gasteiger partial charge is 0.270 e. The van der Waals surface area contributed by atoms with Gasteiger partial charge in [-0.2, -0.15) is 0 Å². The van der Waals surface area contributed by atoms with Crippen LogP contribution in [0.1, 0.15) is 11.1 Å². The summed E-state index contributed by atoms with van der Waals surface area (Å²) in [6.07, 6.45) is 0. The van der Waals surface area contributed by atoms with E-state index in [-0.39, 0.29) is 0 Å². The van der Waals surface area contributed by atoms with Gasteiger partial charge in [0, 0.05) is 0 Å². The molecule has 0 atom stereocenters. The Morgan fingerprint density at radius 1 is 1.30 bits per heavy atom. The Kier molecular flexibility index (Phi) is 1.71. The largest absolute Gasteiger partial charge is 0.287 e. The highest BCUT2D eigenvalue weighted by Crippen LogP contribution is 1.99. The summed E-state index contributed by atoms with van der Waals surface area (Å²) in [6, 6.07) is 7.78. The molecule has 1 rings (SSSR count). The van der Waals surface area contributed by atoms with Crippen molar-refractivity contribution in [3.05, 3.63) is 35.4 Å². The van der Waals surface area contributed by atoms with Crippen LogP contribution in [-0.2, 0) is 0 Å². The minimum Gasteiger partial charge on any atom is -0.287 e. The zero-order valence-electron chi connectivity index (χ0n) is 5.96. The van der Waals surface area contributed by atoms with Crippen LogP contribution in [0.25, 0.3) is 0 Å². The summed E-state index contributed by atoms with van der Waals surface area (Å²) in [5.74, 6) is 0.375. The lowest BCUT2D eigenvalue weighted by molar-refractivity contribution is -0.114. The fraction of sp³-hybridized carbons (Fsp3) is 0.125. The van der Waals surface area contributed by atoms with Gasteiger partial charge in [-0.1, -0.05) is 17.7 Å². The molecule has 0 radical (unpaired) electrons. The van der Waals surface area contributed by atoms with Crippen LogP contribution < -0.4 is 11.1 Å². The molecule has 1 aromatic carbocycles. The van der Waals surface area contributed by atoms with Crippen LogP contribution in [0.2, 0.25) is 0 Å². The van der Waals surface area contributed by atoms with E-state index in [0.29, 0.717) is 5.84 Å². The molecular formula is C8H11N2+. The van der Waals surface area contributed by atoms with Gasteiger partial charge in [0.15, 0.2) is 0 Å².